The van der Waals surface area contributed by atoms with Crippen LogP contribution < -0.4 is 10.4 Å². The van der Waals surface area contributed by atoms with Gasteiger partial charge in [-0.05, 0) is 51.0 Å². The Labute approximate surface area is 194 Å². The summed E-state index contributed by atoms with van der Waals surface area (Å²) in [5.41, 5.74) is 3.34. The molecular weight excluding hydrogens is 436 g/mol. The SMILES string of the molecule is CCCOc1cccc(Cn2c(=O)n(C(=O)c3c(C)noc3C)c3cc4onc(C)c4cc32)c1. The van der Waals surface area contributed by atoms with Crippen molar-refractivity contribution in [3.8, 4) is 5.75 Å². The fourth-order valence-corrected chi connectivity index (χ4v) is 4.19. The third-order valence-corrected chi connectivity index (χ3v) is 5.86. The smallest absolute Gasteiger partial charge is 0.336 e. The summed E-state index contributed by atoms with van der Waals surface area (Å²) in [6, 6.07) is 11.1. The number of hydrogen-bond donors (Lipinski definition) is 0. The molecule has 3 aromatic heterocycles. The van der Waals surface area contributed by atoms with E-state index in [9.17, 15) is 9.59 Å². The number of imidazole rings is 1. The third kappa shape index (κ3) is 3.49. The third-order valence-electron chi connectivity index (χ3n) is 5.86. The molecule has 5 rings (SSSR count). The minimum absolute atomic E-state index is 0.260. The lowest BCUT2D eigenvalue weighted by Gasteiger charge is -2.08. The van der Waals surface area contributed by atoms with Crippen LogP contribution in [0.3, 0.4) is 0 Å². The summed E-state index contributed by atoms with van der Waals surface area (Å²) in [6.45, 7) is 8.07. The van der Waals surface area contributed by atoms with E-state index in [1.807, 2.05) is 44.2 Å². The van der Waals surface area contributed by atoms with Crippen LogP contribution in [-0.4, -0.2) is 32.0 Å². The first-order chi connectivity index (χ1) is 16.4. The summed E-state index contributed by atoms with van der Waals surface area (Å²) in [5.74, 6) is 0.591. The Hall–Kier alpha value is -4.14. The van der Waals surface area contributed by atoms with Gasteiger partial charge in [0.25, 0.3) is 5.91 Å². The van der Waals surface area contributed by atoms with E-state index in [2.05, 4.69) is 10.3 Å². The molecule has 0 atom stereocenters. The van der Waals surface area contributed by atoms with Gasteiger partial charge in [0.15, 0.2) is 5.58 Å². The molecule has 0 saturated heterocycles. The van der Waals surface area contributed by atoms with E-state index >= 15 is 0 Å². The van der Waals surface area contributed by atoms with Crippen molar-refractivity contribution in [2.24, 2.45) is 0 Å². The molecule has 0 radical (unpaired) electrons. The van der Waals surface area contributed by atoms with Crippen molar-refractivity contribution in [2.45, 2.75) is 40.7 Å². The lowest BCUT2D eigenvalue weighted by Crippen LogP contribution is -2.30. The van der Waals surface area contributed by atoms with E-state index in [1.165, 1.54) is 0 Å². The van der Waals surface area contributed by atoms with E-state index < -0.39 is 11.6 Å². The number of hydrogen-bond acceptors (Lipinski definition) is 7. The quantitative estimate of drug-likeness (QED) is 0.370. The van der Waals surface area contributed by atoms with Gasteiger partial charge in [0.2, 0.25) is 0 Å². The highest BCUT2D eigenvalue weighted by Crippen LogP contribution is 2.27. The van der Waals surface area contributed by atoms with Gasteiger partial charge in [-0.3, -0.25) is 9.36 Å². The minimum atomic E-state index is -0.499. The number of ether oxygens (including phenoxy) is 1. The molecule has 3 heterocycles. The fourth-order valence-electron chi connectivity index (χ4n) is 4.19. The Morgan fingerprint density at radius 1 is 1.03 bits per heavy atom. The molecule has 0 fully saturated rings. The number of benzene rings is 2. The first-order valence-corrected chi connectivity index (χ1v) is 11.1. The molecule has 0 aliphatic carbocycles. The van der Waals surface area contributed by atoms with Crippen LogP contribution in [0.4, 0.5) is 0 Å². The van der Waals surface area contributed by atoms with Crippen molar-refractivity contribution in [1.82, 2.24) is 19.4 Å². The highest BCUT2D eigenvalue weighted by Gasteiger charge is 2.26. The average Bonchev–Trinajstić information content (AvgIpc) is 3.44. The van der Waals surface area contributed by atoms with Gasteiger partial charge in [-0.2, -0.15) is 0 Å². The van der Waals surface area contributed by atoms with Crippen LogP contribution in [0.5, 0.6) is 5.75 Å². The van der Waals surface area contributed by atoms with Gasteiger partial charge >= 0.3 is 5.69 Å². The summed E-state index contributed by atoms with van der Waals surface area (Å²) in [6.07, 6.45) is 0.898. The Morgan fingerprint density at radius 2 is 1.82 bits per heavy atom. The van der Waals surface area contributed by atoms with Crippen LogP contribution in [0.15, 0.2) is 50.2 Å². The van der Waals surface area contributed by atoms with Crippen molar-refractivity contribution >= 4 is 27.9 Å². The molecule has 5 aromatic rings. The number of carbonyl (C=O) groups is 1. The standard InChI is InChI=1S/C25H24N4O5/c1-5-9-32-18-8-6-7-17(10-18)13-28-20-11-19-14(2)26-34-22(19)12-21(20)29(25(28)31)24(30)23-15(3)27-33-16(23)4/h6-8,10-12H,5,9,13H2,1-4H3. The molecular formula is C25H24N4O5. The maximum atomic E-state index is 13.7. The number of fused-ring (bicyclic) bond motifs is 2. The summed E-state index contributed by atoms with van der Waals surface area (Å²) >= 11 is 0. The van der Waals surface area contributed by atoms with Gasteiger partial charge in [-0.15, -0.1) is 0 Å². The summed E-state index contributed by atoms with van der Waals surface area (Å²) in [4.78, 5) is 27.2. The molecule has 0 saturated carbocycles. The molecule has 34 heavy (non-hydrogen) atoms. The molecule has 0 aliphatic heterocycles. The van der Waals surface area contributed by atoms with Crippen LogP contribution in [0.25, 0.3) is 22.0 Å². The number of aromatic nitrogens is 4. The van der Waals surface area contributed by atoms with E-state index in [4.69, 9.17) is 13.8 Å². The zero-order chi connectivity index (χ0) is 24.0. The van der Waals surface area contributed by atoms with Crippen LogP contribution in [0, 0.1) is 20.8 Å². The monoisotopic (exact) mass is 460 g/mol. The molecule has 0 spiro atoms. The maximum absolute atomic E-state index is 13.7. The second-order valence-electron chi connectivity index (χ2n) is 8.31. The van der Waals surface area contributed by atoms with Crippen LogP contribution in [-0.2, 0) is 6.54 Å². The Kier molecular flexibility index (Phi) is 5.31. The molecule has 2 aromatic carbocycles. The average molecular weight is 460 g/mol. The molecule has 0 N–H and O–H groups in total. The summed E-state index contributed by atoms with van der Waals surface area (Å²) in [7, 11) is 0. The van der Waals surface area contributed by atoms with Crippen LogP contribution in [0.1, 0.15) is 46.4 Å². The van der Waals surface area contributed by atoms with Gasteiger partial charge in [-0.1, -0.05) is 29.4 Å². The highest BCUT2D eigenvalue weighted by atomic mass is 16.5. The van der Waals surface area contributed by atoms with Crippen molar-refractivity contribution < 1.29 is 18.6 Å². The number of carbonyl (C=O) groups excluding carboxylic acids is 1. The molecule has 0 aliphatic rings. The van der Waals surface area contributed by atoms with Crippen molar-refractivity contribution in [3.05, 3.63) is 75.2 Å². The highest BCUT2D eigenvalue weighted by molar-refractivity contribution is 6.04. The molecule has 0 unspecified atom stereocenters. The first kappa shape index (κ1) is 21.7. The lowest BCUT2D eigenvalue weighted by atomic mass is 10.1. The van der Waals surface area contributed by atoms with Gasteiger partial charge in [0.1, 0.15) is 17.1 Å². The molecule has 0 amide bonds. The van der Waals surface area contributed by atoms with Crippen molar-refractivity contribution in [1.29, 1.82) is 0 Å². The van der Waals surface area contributed by atoms with Gasteiger partial charge in [-0.25, -0.2) is 9.36 Å². The van der Waals surface area contributed by atoms with Gasteiger partial charge in [0, 0.05) is 11.5 Å². The van der Waals surface area contributed by atoms with E-state index in [0.29, 0.717) is 40.4 Å². The zero-order valence-corrected chi connectivity index (χ0v) is 19.4. The summed E-state index contributed by atoms with van der Waals surface area (Å²) < 4.78 is 19.1. The van der Waals surface area contributed by atoms with E-state index in [1.54, 1.807) is 24.5 Å². The topological polar surface area (TPSA) is 105 Å². The Morgan fingerprint density at radius 3 is 2.56 bits per heavy atom. The Balaban J connectivity index is 1.71. The predicted molar refractivity (Wildman–Crippen MR) is 126 cm³/mol. The van der Waals surface area contributed by atoms with E-state index in [0.717, 1.165) is 27.7 Å². The van der Waals surface area contributed by atoms with Crippen LogP contribution in [0.2, 0.25) is 0 Å². The lowest BCUT2D eigenvalue weighted by molar-refractivity contribution is 0.0958. The number of aryl methyl sites for hydroxylation is 3. The second kappa shape index (κ2) is 8.33. The van der Waals surface area contributed by atoms with Gasteiger partial charge in [0.05, 0.1) is 35.6 Å². The fraction of sp³-hybridized carbons (Fsp3) is 0.280. The molecule has 9 nitrogen and oxygen atoms in total. The first-order valence-electron chi connectivity index (χ1n) is 11.1. The van der Waals surface area contributed by atoms with Crippen molar-refractivity contribution in [3.63, 3.8) is 0 Å². The molecule has 0 bridgehead atoms. The zero-order valence-electron chi connectivity index (χ0n) is 19.4. The summed E-state index contributed by atoms with van der Waals surface area (Å²) in [5, 5.41) is 8.68. The van der Waals surface area contributed by atoms with Crippen LogP contribution >= 0.6 is 0 Å². The molecule has 174 valence electrons. The maximum Gasteiger partial charge on any atom is 0.336 e. The van der Waals surface area contributed by atoms with Gasteiger partial charge < -0.3 is 13.8 Å². The van der Waals surface area contributed by atoms with Crippen molar-refractivity contribution in [2.75, 3.05) is 6.61 Å². The molecule has 9 heteroatoms. The Bertz CT molecular complexity index is 1580. The minimum Gasteiger partial charge on any atom is -0.494 e. The normalized spacial score (nSPS) is 11.5. The largest absolute Gasteiger partial charge is 0.494 e. The second-order valence-corrected chi connectivity index (χ2v) is 8.31. The predicted octanol–water partition coefficient (Wildman–Crippen LogP) is 4.38. The van der Waals surface area contributed by atoms with E-state index in [-0.39, 0.29) is 12.1 Å². The number of rotatable bonds is 6. The number of nitrogens with zero attached hydrogens (tertiary/aromatic N) is 4.